The van der Waals surface area contributed by atoms with Gasteiger partial charge in [-0.2, -0.15) is 0 Å². The van der Waals surface area contributed by atoms with Gasteiger partial charge in [-0.3, -0.25) is 4.40 Å². The average molecular weight is 573 g/mol. The lowest BCUT2D eigenvalue weighted by Crippen LogP contribution is -2.17. The summed E-state index contributed by atoms with van der Waals surface area (Å²) in [7, 11) is 0. The third-order valence-electron chi connectivity index (χ3n) is 10.7. The number of aromatic nitrogens is 2. The molecule has 0 N–H and O–H groups in total. The number of nitrogens with zero attached hydrogens (tertiary/aromatic N) is 2. The van der Waals surface area contributed by atoms with Crippen LogP contribution in [-0.4, -0.2) is 9.38 Å². The van der Waals surface area contributed by atoms with Crippen LogP contribution in [0.3, 0.4) is 0 Å². The van der Waals surface area contributed by atoms with E-state index in [-0.39, 0.29) is 0 Å². The van der Waals surface area contributed by atoms with E-state index in [1.807, 2.05) is 0 Å². The van der Waals surface area contributed by atoms with Gasteiger partial charge >= 0.3 is 0 Å². The predicted molar refractivity (Wildman–Crippen MR) is 189 cm³/mol. The van der Waals surface area contributed by atoms with E-state index in [4.69, 9.17) is 4.98 Å². The summed E-state index contributed by atoms with van der Waals surface area (Å²) in [5.74, 6) is 0.320. The highest BCUT2D eigenvalue weighted by atomic mass is 15.0. The molecular formula is C43H28N2. The SMILES string of the molecule is C1=CCC2C(=C1)C1=C(C=CCC1)c1c2nc2c3ccccc3c3cc(-c4ccc5ccc6cccc7ccc4c5c67)ccc3n12. The Morgan fingerprint density at radius 1 is 0.689 bits per heavy atom. The number of fused-ring (bicyclic) bond motifs is 12. The smallest absolute Gasteiger partial charge is 0.146 e. The molecule has 0 saturated carbocycles. The second kappa shape index (κ2) is 8.58. The molecule has 6 aromatic carbocycles. The van der Waals surface area contributed by atoms with Crippen molar-refractivity contribution in [1.29, 1.82) is 0 Å². The van der Waals surface area contributed by atoms with Crippen molar-refractivity contribution in [2.45, 2.75) is 25.2 Å². The number of rotatable bonds is 1. The van der Waals surface area contributed by atoms with Gasteiger partial charge in [0, 0.05) is 22.3 Å². The Hall–Kier alpha value is -5.47. The zero-order valence-corrected chi connectivity index (χ0v) is 24.7. The van der Waals surface area contributed by atoms with Crippen LogP contribution in [0.1, 0.15) is 36.6 Å². The second-order valence-electron chi connectivity index (χ2n) is 12.9. The number of hydrogen-bond acceptors (Lipinski definition) is 1. The van der Waals surface area contributed by atoms with Gasteiger partial charge in [-0.05, 0) is 91.4 Å². The molecular weight excluding hydrogens is 544 g/mol. The van der Waals surface area contributed by atoms with E-state index in [0.717, 1.165) is 24.9 Å². The van der Waals surface area contributed by atoms with Crippen LogP contribution in [0.2, 0.25) is 0 Å². The summed E-state index contributed by atoms with van der Waals surface area (Å²) in [6, 6.07) is 36.4. The quantitative estimate of drug-likeness (QED) is 0.179. The van der Waals surface area contributed by atoms with Gasteiger partial charge in [0.2, 0.25) is 0 Å². The van der Waals surface area contributed by atoms with E-state index in [1.165, 1.54) is 93.2 Å². The minimum Gasteiger partial charge on any atom is -0.291 e. The highest BCUT2D eigenvalue weighted by Crippen LogP contribution is 2.50. The van der Waals surface area contributed by atoms with Crippen molar-refractivity contribution in [3.05, 3.63) is 150 Å². The molecule has 1 atom stereocenters. The molecule has 0 bridgehead atoms. The molecule has 210 valence electrons. The van der Waals surface area contributed by atoms with Crippen LogP contribution >= 0.6 is 0 Å². The Kier molecular flexibility index (Phi) is 4.56. The topological polar surface area (TPSA) is 17.3 Å². The summed E-state index contributed by atoms with van der Waals surface area (Å²) in [6.45, 7) is 0. The van der Waals surface area contributed by atoms with Crippen LogP contribution in [-0.2, 0) is 0 Å². The molecule has 3 aliphatic rings. The van der Waals surface area contributed by atoms with Crippen LogP contribution in [0.25, 0.3) is 76.3 Å². The van der Waals surface area contributed by atoms with Crippen molar-refractivity contribution in [2.75, 3.05) is 0 Å². The van der Waals surface area contributed by atoms with E-state index in [1.54, 1.807) is 0 Å². The molecule has 2 aromatic heterocycles. The Labute approximate surface area is 260 Å². The Bertz CT molecular complexity index is 2710. The summed E-state index contributed by atoms with van der Waals surface area (Å²) < 4.78 is 2.49. The van der Waals surface area contributed by atoms with Crippen molar-refractivity contribution in [3.63, 3.8) is 0 Å². The van der Waals surface area contributed by atoms with E-state index in [9.17, 15) is 0 Å². The molecule has 11 rings (SSSR count). The molecule has 0 amide bonds. The average Bonchev–Trinajstić information content (AvgIpc) is 3.52. The van der Waals surface area contributed by atoms with Crippen molar-refractivity contribution in [2.24, 2.45) is 0 Å². The van der Waals surface area contributed by atoms with E-state index in [0.29, 0.717) is 5.92 Å². The van der Waals surface area contributed by atoms with Crippen molar-refractivity contribution >= 4 is 65.2 Å². The van der Waals surface area contributed by atoms with Gasteiger partial charge < -0.3 is 0 Å². The maximum absolute atomic E-state index is 5.50. The molecule has 2 heteroatoms. The van der Waals surface area contributed by atoms with Crippen molar-refractivity contribution in [3.8, 4) is 11.1 Å². The van der Waals surface area contributed by atoms with Crippen molar-refractivity contribution in [1.82, 2.24) is 9.38 Å². The Morgan fingerprint density at radius 2 is 1.51 bits per heavy atom. The van der Waals surface area contributed by atoms with Gasteiger partial charge in [0.05, 0.1) is 16.9 Å². The zero-order valence-electron chi connectivity index (χ0n) is 24.7. The maximum atomic E-state index is 5.50. The first-order valence-corrected chi connectivity index (χ1v) is 16.1. The maximum Gasteiger partial charge on any atom is 0.146 e. The lowest BCUT2D eigenvalue weighted by atomic mass is 9.74. The molecule has 0 radical (unpaired) electrons. The molecule has 0 fully saturated rings. The summed E-state index contributed by atoms with van der Waals surface area (Å²) in [4.78, 5) is 5.50. The molecule has 0 saturated heterocycles. The second-order valence-corrected chi connectivity index (χ2v) is 12.9. The summed E-state index contributed by atoms with van der Waals surface area (Å²) in [6.07, 6.45) is 14.8. The van der Waals surface area contributed by atoms with Crippen LogP contribution in [0.5, 0.6) is 0 Å². The number of benzene rings is 6. The zero-order chi connectivity index (χ0) is 29.2. The largest absolute Gasteiger partial charge is 0.291 e. The Morgan fingerprint density at radius 3 is 2.42 bits per heavy atom. The van der Waals surface area contributed by atoms with Crippen LogP contribution < -0.4 is 0 Å². The highest BCUT2D eigenvalue weighted by Gasteiger charge is 2.35. The molecule has 1 unspecified atom stereocenters. The monoisotopic (exact) mass is 572 g/mol. The lowest BCUT2D eigenvalue weighted by Gasteiger charge is -2.31. The summed E-state index contributed by atoms with van der Waals surface area (Å²) >= 11 is 0. The molecule has 2 nitrogen and oxygen atoms in total. The van der Waals surface area contributed by atoms with E-state index < -0.39 is 0 Å². The molecule has 3 aliphatic carbocycles. The Balaban J connectivity index is 1.24. The van der Waals surface area contributed by atoms with Gasteiger partial charge in [0.15, 0.2) is 0 Å². The first-order chi connectivity index (χ1) is 22.3. The molecule has 0 aliphatic heterocycles. The molecule has 45 heavy (non-hydrogen) atoms. The standard InChI is InChI=1S/C43H28N2/c1-4-13-34-30(10-1)31-11-2-5-14-35(31)42-41(34)44-43-36-15-6-3-12-32(36)37-24-28(20-23-38(37)45(42)43)29-21-18-27-17-16-25-8-7-9-26-19-22-33(29)40(27)39(25)26/h1,3-10,12,14-24,34H,2,11,13H2. The van der Waals surface area contributed by atoms with Gasteiger partial charge in [-0.15, -0.1) is 0 Å². The molecule has 0 spiro atoms. The van der Waals surface area contributed by atoms with Gasteiger partial charge in [0.1, 0.15) is 5.65 Å². The first kappa shape index (κ1) is 23.9. The number of imidazole rings is 1. The number of allylic oxidation sites excluding steroid dienone is 8. The fraction of sp³-hybridized carbons (Fsp3) is 0.0930. The van der Waals surface area contributed by atoms with Gasteiger partial charge in [-0.25, -0.2) is 4.98 Å². The lowest BCUT2D eigenvalue weighted by molar-refractivity contribution is 0.749. The summed E-state index contributed by atoms with van der Waals surface area (Å²) in [5, 5.41) is 11.7. The molecule has 2 heterocycles. The van der Waals surface area contributed by atoms with E-state index >= 15 is 0 Å². The third-order valence-corrected chi connectivity index (χ3v) is 10.7. The fourth-order valence-corrected chi connectivity index (χ4v) is 8.75. The highest BCUT2D eigenvalue weighted by molar-refractivity contribution is 6.25. The predicted octanol–water partition coefficient (Wildman–Crippen LogP) is 11.3. The molecule has 8 aromatic rings. The minimum atomic E-state index is 0.320. The van der Waals surface area contributed by atoms with Crippen molar-refractivity contribution < 1.29 is 0 Å². The number of hydrogen-bond donors (Lipinski definition) is 0. The van der Waals surface area contributed by atoms with Gasteiger partial charge in [-0.1, -0.05) is 115 Å². The van der Waals surface area contributed by atoms with Crippen LogP contribution in [0.15, 0.2) is 139 Å². The fourth-order valence-electron chi connectivity index (χ4n) is 8.75. The summed E-state index contributed by atoms with van der Waals surface area (Å²) in [5.41, 5.74) is 11.7. The normalized spacial score (nSPS) is 17.6. The van der Waals surface area contributed by atoms with Crippen LogP contribution in [0.4, 0.5) is 0 Å². The van der Waals surface area contributed by atoms with Gasteiger partial charge in [0.25, 0.3) is 0 Å². The first-order valence-electron chi connectivity index (χ1n) is 16.1. The van der Waals surface area contributed by atoms with E-state index in [2.05, 4.69) is 132 Å². The van der Waals surface area contributed by atoms with Crippen LogP contribution in [0, 0.1) is 0 Å². The minimum absolute atomic E-state index is 0.320. The number of pyridine rings is 1. The third kappa shape index (κ3) is 3.06.